The summed E-state index contributed by atoms with van der Waals surface area (Å²) in [4.78, 5) is 22.5. The molecule has 5 nitrogen and oxygen atoms in total. The Morgan fingerprint density at radius 1 is 1.29 bits per heavy atom. The van der Waals surface area contributed by atoms with Crippen molar-refractivity contribution < 1.29 is 14.3 Å². The monoisotopic (exact) mass is 244 g/mol. The lowest BCUT2D eigenvalue weighted by Gasteiger charge is -2.19. The third-order valence-corrected chi connectivity index (χ3v) is 2.16. The molecule has 0 aromatic carbocycles. The number of carbonyl (C=O) groups excluding carboxylic acids is 2. The molecular formula is C12H24N2O3. The van der Waals surface area contributed by atoms with E-state index in [-0.39, 0.29) is 11.9 Å². The van der Waals surface area contributed by atoms with Crippen molar-refractivity contribution in [1.29, 1.82) is 0 Å². The van der Waals surface area contributed by atoms with Crippen LogP contribution in [0.2, 0.25) is 0 Å². The fraction of sp³-hybridized carbons (Fsp3) is 0.833. The van der Waals surface area contributed by atoms with Gasteiger partial charge in [0.2, 0.25) is 5.91 Å². The van der Waals surface area contributed by atoms with E-state index >= 15 is 0 Å². The fourth-order valence-corrected chi connectivity index (χ4v) is 1.29. The van der Waals surface area contributed by atoms with Crippen molar-refractivity contribution in [2.24, 2.45) is 5.92 Å². The summed E-state index contributed by atoms with van der Waals surface area (Å²) in [6, 6.07) is -0.476. The van der Waals surface area contributed by atoms with Crippen molar-refractivity contribution in [3.63, 3.8) is 0 Å². The fourth-order valence-electron chi connectivity index (χ4n) is 1.29. The van der Waals surface area contributed by atoms with Gasteiger partial charge in [-0.25, -0.2) is 5.43 Å². The molecular weight excluding hydrogens is 220 g/mol. The van der Waals surface area contributed by atoms with Crippen LogP contribution in [0.3, 0.4) is 0 Å². The van der Waals surface area contributed by atoms with E-state index in [9.17, 15) is 9.59 Å². The Morgan fingerprint density at radius 2 is 1.94 bits per heavy atom. The molecule has 0 unspecified atom stereocenters. The lowest BCUT2D eigenvalue weighted by atomic mass is 10.0. The van der Waals surface area contributed by atoms with Gasteiger partial charge in [-0.15, -0.1) is 0 Å². The highest BCUT2D eigenvalue weighted by atomic mass is 16.5. The van der Waals surface area contributed by atoms with E-state index in [2.05, 4.69) is 10.9 Å². The summed E-state index contributed by atoms with van der Waals surface area (Å²) in [5, 5.41) is 0. The van der Waals surface area contributed by atoms with E-state index in [1.54, 1.807) is 0 Å². The normalized spacial score (nSPS) is 12.3. The standard InChI is InChI=1S/C12H24N2O3/c1-5-6-7-17-12(16)11(8-9(2)3)14-13-10(4)15/h9,11,14H,5-8H2,1-4H3,(H,13,15)/t11-/m0/s1. The molecule has 5 heteroatoms. The summed E-state index contributed by atoms with van der Waals surface area (Å²) >= 11 is 0. The molecule has 0 radical (unpaired) electrons. The molecule has 0 bridgehead atoms. The van der Waals surface area contributed by atoms with Crippen LogP contribution >= 0.6 is 0 Å². The van der Waals surface area contributed by atoms with Crippen molar-refractivity contribution >= 4 is 11.9 Å². The first kappa shape index (κ1) is 15.9. The van der Waals surface area contributed by atoms with Gasteiger partial charge in [0.1, 0.15) is 6.04 Å². The molecule has 17 heavy (non-hydrogen) atoms. The highest BCUT2D eigenvalue weighted by molar-refractivity contribution is 5.77. The average Bonchev–Trinajstić information content (AvgIpc) is 2.23. The summed E-state index contributed by atoms with van der Waals surface area (Å²) in [5.74, 6) is -0.180. The topological polar surface area (TPSA) is 67.4 Å². The largest absolute Gasteiger partial charge is 0.464 e. The maximum Gasteiger partial charge on any atom is 0.324 e. The van der Waals surface area contributed by atoms with Gasteiger partial charge in [-0.1, -0.05) is 27.2 Å². The Morgan fingerprint density at radius 3 is 2.41 bits per heavy atom. The second kappa shape index (κ2) is 8.98. The van der Waals surface area contributed by atoms with Crippen molar-refractivity contribution in [3.8, 4) is 0 Å². The molecule has 0 saturated carbocycles. The van der Waals surface area contributed by atoms with Gasteiger partial charge in [-0.2, -0.15) is 0 Å². The molecule has 0 aromatic heterocycles. The summed E-state index contributed by atoms with van der Waals surface area (Å²) in [5.41, 5.74) is 5.14. The number of carbonyl (C=O) groups is 2. The smallest absolute Gasteiger partial charge is 0.324 e. The van der Waals surface area contributed by atoms with Crippen LogP contribution in [-0.2, 0) is 14.3 Å². The third-order valence-electron chi connectivity index (χ3n) is 2.16. The average molecular weight is 244 g/mol. The Labute approximate surface area is 103 Å². The van der Waals surface area contributed by atoms with E-state index in [4.69, 9.17) is 4.74 Å². The summed E-state index contributed by atoms with van der Waals surface area (Å²) in [7, 11) is 0. The predicted molar refractivity (Wildman–Crippen MR) is 66.1 cm³/mol. The van der Waals surface area contributed by atoms with E-state index in [1.165, 1.54) is 6.92 Å². The number of hydrazine groups is 1. The number of ether oxygens (including phenoxy) is 1. The molecule has 0 aliphatic heterocycles. The van der Waals surface area contributed by atoms with E-state index < -0.39 is 6.04 Å². The Kier molecular flexibility index (Phi) is 8.40. The highest BCUT2D eigenvalue weighted by Crippen LogP contribution is 2.06. The molecule has 100 valence electrons. The Bertz CT molecular complexity index is 242. The molecule has 1 amide bonds. The van der Waals surface area contributed by atoms with Gasteiger partial charge in [0.25, 0.3) is 0 Å². The van der Waals surface area contributed by atoms with Crippen molar-refractivity contribution in [1.82, 2.24) is 10.9 Å². The van der Waals surface area contributed by atoms with Gasteiger partial charge in [0.15, 0.2) is 0 Å². The second-order valence-corrected chi connectivity index (χ2v) is 4.53. The van der Waals surface area contributed by atoms with Crippen LogP contribution in [0.1, 0.15) is 47.0 Å². The zero-order valence-corrected chi connectivity index (χ0v) is 11.2. The quantitative estimate of drug-likeness (QED) is 0.384. The maximum absolute atomic E-state index is 11.7. The zero-order valence-electron chi connectivity index (χ0n) is 11.2. The first-order valence-electron chi connectivity index (χ1n) is 6.16. The minimum atomic E-state index is -0.476. The van der Waals surface area contributed by atoms with E-state index in [0.29, 0.717) is 18.9 Å². The molecule has 0 saturated heterocycles. The lowest BCUT2D eigenvalue weighted by molar-refractivity contribution is -0.147. The summed E-state index contributed by atoms with van der Waals surface area (Å²) in [6.45, 7) is 7.89. The van der Waals surface area contributed by atoms with Gasteiger partial charge < -0.3 is 4.74 Å². The van der Waals surface area contributed by atoms with Crippen molar-refractivity contribution in [2.45, 2.75) is 53.0 Å². The van der Waals surface area contributed by atoms with Crippen LogP contribution in [0.4, 0.5) is 0 Å². The third kappa shape index (κ3) is 8.68. The molecule has 0 aliphatic rings. The van der Waals surface area contributed by atoms with Gasteiger partial charge in [-0.05, 0) is 18.8 Å². The second-order valence-electron chi connectivity index (χ2n) is 4.53. The number of nitrogens with one attached hydrogen (secondary N) is 2. The van der Waals surface area contributed by atoms with Crippen LogP contribution in [-0.4, -0.2) is 24.5 Å². The number of hydrogen-bond donors (Lipinski definition) is 2. The number of amides is 1. The molecule has 0 aromatic rings. The molecule has 2 N–H and O–H groups in total. The SMILES string of the molecule is CCCCOC(=O)[C@H](CC(C)C)NNC(C)=O. The summed E-state index contributed by atoms with van der Waals surface area (Å²) < 4.78 is 5.13. The Hall–Kier alpha value is -1.10. The van der Waals surface area contributed by atoms with Gasteiger partial charge in [-0.3, -0.25) is 15.0 Å². The first-order chi connectivity index (χ1) is 7.97. The summed E-state index contributed by atoms with van der Waals surface area (Å²) in [6.07, 6.45) is 2.48. The van der Waals surface area contributed by atoms with Crippen LogP contribution in [0.5, 0.6) is 0 Å². The highest BCUT2D eigenvalue weighted by Gasteiger charge is 2.21. The van der Waals surface area contributed by atoms with Crippen LogP contribution in [0, 0.1) is 5.92 Å². The van der Waals surface area contributed by atoms with Crippen LogP contribution in [0.25, 0.3) is 0 Å². The molecule has 0 rings (SSSR count). The number of unbranched alkanes of at least 4 members (excludes halogenated alkanes) is 1. The van der Waals surface area contributed by atoms with E-state index in [0.717, 1.165) is 12.8 Å². The molecule has 1 atom stereocenters. The van der Waals surface area contributed by atoms with E-state index in [1.807, 2.05) is 20.8 Å². The molecule has 0 heterocycles. The number of rotatable bonds is 8. The van der Waals surface area contributed by atoms with Gasteiger partial charge in [0.05, 0.1) is 6.61 Å². The van der Waals surface area contributed by atoms with Crippen molar-refractivity contribution in [2.75, 3.05) is 6.61 Å². The number of esters is 1. The maximum atomic E-state index is 11.7. The van der Waals surface area contributed by atoms with Crippen LogP contribution < -0.4 is 10.9 Å². The first-order valence-corrected chi connectivity index (χ1v) is 6.16. The van der Waals surface area contributed by atoms with Gasteiger partial charge >= 0.3 is 5.97 Å². The van der Waals surface area contributed by atoms with Crippen molar-refractivity contribution in [3.05, 3.63) is 0 Å². The van der Waals surface area contributed by atoms with Crippen LogP contribution in [0.15, 0.2) is 0 Å². The van der Waals surface area contributed by atoms with Gasteiger partial charge in [0, 0.05) is 6.92 Å². The minimum Gasteiger partial charge on any atom is -0.464 e. The minimum absolute atomic E-state index is 0.222. The number of hydrogen-bond acceptors (Lipinski definition) is 4. The molecule has 0 aliphatic carbocycles. The zero-order chi connectivity index (χ0) is 13.3. The molecule has 0 fully saturated rings. The Balaban J connectivity index is 4.14. The predicted octanol–water partition coefficient (Wildman–Crippen LogP) is 1.39. The molecule has 0 spiro atoms. The lowest BCUT2D eigenvalue weighted by Crippen LogP contribution is -2.48.